The summed E-state index contributed by atoms with van der Waals surface area (Å²) in [5, 5.41) is 0. The highest BCUT2D eigenvalue weighted by Gasteiger charge is 2.29. The lowest BCUT2D eigenvalue weighted by atomic mass is 10.1. The van der Waals surface area contributed by atoms with Crippen LogP contribution in [-0.2, 0) is 23.9 Å². The molecule has 0 spiro atoms. The van der Waals surface area contributed by atoms with E-state index in [2.05, 4.69) is 17.4 Å². The lowest BCUT2D eigenvalue weighted by molar-refractivity contribution is -0.152. The van der Waals surface area contributed by atoms with Gasteiger partial charge in [0.2, 0.25) is 0 Å². The van der Waals surface area contributed by atoms with E-state index in [9.17, 15) is 14.4 Å². The number of hydrogen-bond acceptors (Lipinski definition) is 8. The van der Waals surface area contributed by atoms with Crippen molar-refractivity contribution in [1.29, 1.82) is 0 Å². The van der Waals surface area contributed by atoms with E-state index in [-0.39, 0.29) is 30.4 Å². The monoisotopic (exact) mass is 409 g/mol. The zero-order valence-corrected chi connectivity index (χ0v) is 17.4. The number of carbonyl (C=O) groups is 2. The van der Waals surface area contributed by atoms with Crippen molar-refractivity contribution in [2.24, 2.45) is 5.92 Å². The van der Waals surface area contributed by atoms with Gasteiger partial charge in [-0.1, -0.05) is 33.6 Å². The fraction of sp³-hybridized carbons (Fsp3) is 0.700. The maximum absolute atomic E-state index is 12.3. The molecule has 2 rings (SSSR count). The van der Waals surface area contributed by atoms with Crippen molar-refractivity contribution in [2.75, 3.05) is 12.1 Å². The number of aromatic nitrogens is 2. The molecule has 3 atom stereocenters. The van der Waals surface area contributed by atoms with E-state index in [4.69, 9.17) is 14.3 Å². The predicted molar refractivity (Wildman–Crippen MR) is 106 cm³/mol. The van der Waals surface area contributed by atoms with Gasteiger partial charge in [0.05, 0.1) is 12.0 Å². The second-order valence-electron chi connectivity index (χ2n) is 7.27. The highest BCUT2D eigenvalue weighted by atomic mass is 16.7. The summed E-state index contributed by atoms with van der Waals surface area (Å²) in [5.41, 5.74) is 1.90. The molecular formula is C20H31N3O6. The number of esters is 1. The Morgan fingerprint density at radius 1 is 1.34 bits per heavy atom. The van der Waals surface area contributed by atoms with Gasteiger partial charge >= 0.3 is 17.6 Å². The molecule has 0 amide bonds. The van der Waals surface area contributed by atoms with Gasteiger partial charge in [0.1, 0.15) is 12.8 Å². The topological polar surface area (TPSA) is 109 Å². The molecule has 1 aliphatic rings. The molecule has 0 radical (unpaired) electrons. The van der Waals surface area contributed by atoms with Crippen LogP contribution in [0, 0.1) is 5.92 Å². The standard InChI is InChI=1S/C20H31N3O6/c1-4-6-7-8-18(24)29-22-16-11-12-23(20(26)21-16)17-10-9-15(28-17)13-27-19(25)14(3)5-2/h11-12,14-15,17H,4-10,13H2,1-3H3,(H,21,22,26)/t14-,15+,17-/m1/s1. The molecule has 1 aromatic heterocycles. The molecule has 1 aromatic rings. The zero-order valence-electron chi connectivity index (χ0n) is 17.4. The van der Waals surface area contributed by atoms with Crippen molar-refractivity contribution in [3.63, 3.8) is 0 Å². The molecule has 1 N–H and O–H groups in total. The lowest BCUT2D eigenvalue weighted by Crippen LogP contribution is -2.28. The zero-order chi connectivity index (χ0) is 21.2. The SMILES string of the molecule is CCCCCC(=O)ONc1ccn([C@H]2CC[C@@H](COC(=O)[C@H](C)CC)O2)c(=O)n1. The van der Waals surface area contributed by atoms with Crippen LogP contribution in [0.5, 0.6) is 0 Å². The smallest absolute Gasteiger partial charge is 0.351 e. The second-order valence-corrected chi connectivity index (χ2v) is 7.27. The molecule has 0 saturated carbocycles. The molecule has 9 nitrogen and oxygen atoms in total. The summed E-state index contributed by atoms with van der Waals surface area (Å²) in [6.07, 6.45) is 5.91. The Labute approximate surface area is 170 Å². The summed E-state index contributed by atoms with van der Waals surface area (Å²) < 4.78 is 12.5. The number of hydrogen-bond donors (Lipinski definition) is 1. The first-order chi connectivity index (χ1) is 13.9. The summed E-state index contributed by atoms with van der Waals surface area (Å²) in [7, 11) is 0. The van der Waals surface area contributed by atoms with Crippen LogP contribution < -0.4 is 11.2 Å². The molecule has 0 aromatic carbocycles. The van der Waals surface area contributed by atoms with E-state index >= 15 is 0 Å². The highest BCUT2D eigenvalue weighted by molar-refractivity contribution is 5.71. The number of unbranched alkanes of at least 4 members (excludes halogenated alkanes) is 2. The van der Waals surface area contributed by atoms with Crippen molar-refractivity contribution >= 4 is 17.8 Å². The largest absolute Gasteiger partial charge is 0.463 e. The van der Waals surface area contributed by atoms with E-state index in [0.717, 1.165) is 25.7 Å². The number of rotatable bonds is 11. The number of nitrogens with zero attached hydrogens (tertiary/aromatic N) is 2. The first kappa shape index (κ1) is 22.9. The number of carbonyl (C=O) groups excluding carboxylic acids is 2. The molecular weight excluding hydrogens is 378 g/mol. The summed E-state index contributed by atoms with van der Waals surface area (Å²) in [5.74, 6) is -0.608. The first-order valence-electron chi connectivity index (χ1n) is 10.3. The number of nitrogens with one attached hydrogen (secondary N) is 1. The molecule has 1 saturated heterocycles. The fourth-order valence-corrected chi connectivity index (χ4v) is 2.87. The Morgan fingerprint density at radius 2 is 2.14 bits per heavy atom. The van der Waals surface area contributed by atoms with E-state index in [0.29, 0.717) is 19.3 Å². The summed E-state index contributed by atoms with van der Waals surface area (Å²) >= 11 is 0. The van der Waals surface area contributed by atoms with Gasteiger partial charge in [-0.25, -0.2) is 15.1 Å². The summed E-state index contributed by atoms with van der Waals surface area (Å²) in [6, 6.07) is 1.54. The van der Waals surface area contributed by atoms with E-state index in [1.54, 1.807) is 12.3 Å². The van der Waals surface area contributed by atoms with Gasteiger partial charge in [-0.05, 0) is 25.7 Å². The summed E-state index contributed by atoms with van der Waals surface area (Å²) in [4.78, 5) is 44.5. The average Bonchev–Trinajstić information content (AvgIpc) is 3.18. The van der Waals surface area contributed by atoms with Crippen molar-refractivity contribution in [3.05, 3.63) is 22.7 Å². The van der Waals surface area contributed by atoms with Crippen molar-refractivity contribution in [2.45, 2.75) is 78.0 Å². The fourth-order valence-electron chi connectivity index (χ4n) is 2.87. The average molecular weight is 409 g/mol. The summed E-state index contributed by atoms with van der Waals surface area (Å²) in [6.45, 7) is 5.98. The Balaban J connectivity index is 1.82. The molecule has 2 heterocycles. The molecule has 162 valence electrons. The number of ether oxygens (including phenoxy) is 2. The first-order valence-corrected chi connectivity index (χ1v) is 10.3. The molecule has 0 bridgehead atoms. The maximum atomic E-state index is 12.3. The third kappa shape index (κ3) is 7.16. The Kier molecular flexibility index (Phi) is 9.11. The Bertz CT molecular complexity index is 735. The van der Waals surface area contributed by atoms with Gasteiger partial charge in [-0.2, -0.15) is 4.98 Å². The highest BCUT2D eigenvalue weighted by Crippen LogP contribution is 2.27. The van der Waals surface area contributed by atoms with Gasteiger partial charge in [-0.3, -0.25) is 9.36 Å². The van der Waals surface area contributed by atoms with Crippen molar-refractivity contribution < 1.29 is 23.9 Å². The van der Waals surface area contributed by atoms with Gasteiger partial charge in [-0.15, -0.1) is 0 Å². The molecule has 29 heavy (non-hydrogen) atoms. The van der Waals surface area contributed by atoms with Crippen molar-refractivity contribution in [3.8, 4) is 0 Å². The van der Waals surface area contributed by atoms with Gasteiger partial charge in [0.25, 0.3) is 0 Å². The molecule has 0 unspecified atom stereocenters. The maximum Gasteiger partial charge on any atom is 0.351 e. The van der Waals surface area contributed by atoms with E-state index in [1.165, 1.54) is 4.57 Å². The van der Waals surface area contributed by atoms with E-state index < -0.39 is 17.9 Å². The lowest BCUT2D eigenvalue weighted by Gasteiger charge is -2.17. The third-order valence-corrected chi connectivity index (χ3v) is 4.91. The molecule has 0 aliphatic carbocycles. The van der Waals surface area contributed by atoms with Gasteiger partial charge < -0.3 is 14.3 Å². The Hall–Kier alpha value is -2.42. The van der Waals surface area contributed by atoms with Crippen LogP contribution in [0.4, 0.5) is 5.82 Å². The molecule has 1 aliphatic heterocycles. The minimum absolute atomic E-state index is 0.139. The van der Waals surface area contributed by atoms with Gasteiger partial charge in [0, 0.05) is 18.7 Å². The van der Waals surface area contributed by atoms with Crippen LogP contribution in [0.1, 0.15) is 71.9 Å². The number of anilines is 1. The quantitative estimate of drug-likeness (QED) is 0.338. The molecule has 1 fully saturated rings. The van der Waals surface area contributed by atoms with Crippen LogP contribution in [0.25, 0.3) is 0 Å². The van der Waals surface area contributed by atoms with Crippen LogP contribution >= 0.6 is 0 Å². The second kappa shape index (κ2) is 11.5. The minimum atomic E-state index is -0.515. The normalized spacial score (nSPS) is 19.6. The predicted octanol–water partition coefficient (Wildman–Crippen LogP) is 2.96. The van der Waals surface area contributed by atoms with Crippen LogP contribution in [0.15, 0.2) is 17.1 Å². The van der Waals surface area contributed by atoms with Gasteiger partial charge in [0.15, 0.2) is 5.82 Å². The third-order valence-electron chi connectivity index (χ3n) is 4.91. The van der Waals surface area contributed by atoms with Crippen LogP contribution in [-0.4, -0.2) is 34.2 Å². The van der Waals surface area contributed by atoms with Crippen molar-refractivity contribution in [1.82, 2.24) is 9.55 Å². The minimum Gasteiger partial charge on any atom is -0.463 e. The van der Waals surface area contributed by atoms with Crippen LogP contribution in [0.2, 0.25) is 0 Å². The van der Waals surface area contributed by atoms with E-state index in [1.807, 2.05) is 13.8 Å². The Morgan fingerprint density at radius 3 is 2.83 bits per heavy atom. The molecule has 9 heteroatoms. The van der Waals surface area contributed by atoms with Crippen LogP contribution in [0.3, 0.4) is 0 Å².